The zero-order chi connectivity index (χ0) is 18.8. The molecule has 136 valence electrons. The lowest BCUT2D eigenvalue weighted by molar-refractivity contribution is -0.116. The van der Waals surface area contributed by atoms with Crippen LogP contribution in [0.1, 0.15) is 34.1 Å². The van der Waals surface area contributed by atoms with Crippen molar-refractivity contribution in [3.05, 3.63) is 71.8 Å². The highest BCUT2D eigenvalue weighted by Crippen LogP contribution is 2.37. The molecule has 1 aliphatic rings. The predicted octanol–water partition coefficient (Wildman–Crippen LogP) is 3.14. The SMILES string of the molecule is COc1ccccc1C(=O)Nc1ccc2c(c1)NC(=O)CC2c1ncc[nH]1. The normalized spacial score (nSPS) is 15.6. The van der Waals surface area contributed by atoms with Gasteiger partial charge in [-0.2, -0.15) is 0 Å². The van der Waals surface area contributed by atoms with E-state index in [9.17, 15) is 9.59 Å². The molecule has 1 aromatic heterocycles. The molecule has 7 heteroatoms. The smallest absolute Gasteiger partial charge is 0.259 e. The van der Waals surface area contributed by atoms with Crippen LogP contribution in [0.5, 0.6) is 5.75 Å². The van der Waals surface area contributed by atoms with Gasteiger partial charge in [-0.05, 0) is 29.8 Å². The van der Waals surface area contributed by atoms with Gasteiger partial charge in [0.15, 0.2) is 0 Å². The second-order valence-corrected chi connectivity index (χ2v) is 6.24. The van der Waals surface area contributed by atoms with E-state index in [1.807, 2.05) is 12.1 Å². The molecule has 0 aliphatic carbocycles. The van der Waals surface area contributed by atoms with E-state index in [-0.39, 0.29) is 17.7 Å². The van der Waals surface area contributed by atoms with Gasteiger partial charge in [0.25, 0.3) is 5.91 Å². The molecule has 7 nitrogen and oxygen atoms in total. The summed E-state index contributed by atoms with van der Waals surface area (Å²) >= 11 is 0. The Labute approximate surface area is 155 Å². The molecule has 2 amide bonds. The molecule has 0 saturated carbocycles. The number of anilines is 2. The summed E-state index contributed by atoms with van der Waals surface area (Å²) in [4.78, 5) is 32.1. The molecule has 4 rings (SSSR count). The Bertz CT molecular complexity index is 998. The maximum absolute atomic E-state index is 12.6. The summed E-state index contributed by atoms with van der Waals surface area (Å²) in [6.45, 7) is 0. The van der Waals surface area contributed by atoms with Crippen molar-refractivity contribution in [3.8, 4) is 5.75 Å². The van der Waals surface area contributed by atoms with Crippen LogP contribution in [0.15, 0.2) is 54.9 Å². The van der Waals surface area contributed by atoms with Crippen LogP contribution >= 0.6 is 0 Å². The fourth-order valence-corrected chi connectivity index (χ4v) is 3.29. The number of nitrogens with one attached hydrogen (secondary N) is 3. The largest absolute Gasteiger partial charge is 0.496 e. The minimum absolute atomic E-state index is 0.0860. The maximum Gasteiger partial charge on any atom is 0.259 e. The number of amides is 2. The number of methoxy groups -OCH3 is 1. The van der Waals surface area contributed by atoms with Gasteiger partial charge in [-0.1, -0.05) is 18.2 Å². The van der Waals surface area contributed by atoms with Gasteiger partial charge in [0, 0.05) is 30.2 Å². The summed E-state index contributed by atoms with van der Waals surface area (Å²) in [5, 5.41) is 5.72. The number of aromatic amines is 1. The molecule has 2 heterocycles. The van der Waals surface area contributed by atoms with Crippen LogP contribution in [0.4, 0.5) is 11.4 Å². The Morgan fingerprint density at radius 1 is 1.26 bits per heavy atom. The number of hydrogen-bond donors (Lipinski definition) is 3. The number of nitrogens with zero attached hydrogens (tertiary/aromatic N) is 1. The number of imidazole rings is 1. The molecule has 2 aromatic carbocycles. The first-order chi connectivity index (χ1) is 13.2. The van der Waals surface area contributed by atoms with Gasteiger partial charge in [0.05, 0.1) is 18.6 Å². The molecule has 1 atom stereocenters. The molecule has 0 bridgehead atoms. The summed E-state index contributed by atoms with van der Waals surface area (Å²) in [5.74, 6) is 0.744. The van der Waals surface area contributed by atoms with Gasteiger partial charge in [-0.25, -0.2) is 4.98 Å². The highest BCUT2D eigenvalue weighted by Gasteiger charge is 2.28. The molecule has 0 spiro atoms. The Hall–Kier alpha value is -3.61. The van der Waals surface area contributed by atoms with Crippen molar-refractivity contribution in [3.63, 3.8) is 0 Å². The molecule has 1 aliphatic heterocycles. The Morgan fingerprint density at radius 2 is 2.11 bits per heavy atom. The Morgan fingerprint density at radius 3 is 2.89 bits per heavy atom. The third-order valence-corrected chi connectivity index (χ3v) is 4.55. The zero-order valence-electron chi connectivity index (χ0n) is 14.7. The van der Waals surface area contributed by atoms with E-state index in [1.165, 1.54) is 7.11 Å². The maximum atomic E-state index is 12.6. The van der Waals surface area contributed by atoms with Crippen LogP contribution in [-0.4, -0.2) is 28.9 Å². The van der Waals surface area contributed by atoms with E-state index >= 15 is 0 Å². The first-order valence-corrected chi connectivity index (χ1v) is 8.53. The van der Waals surface area contributed by atoms with Crippen LogP contribution in [-0.2, 0) is 4.79 Å². The number of ether oxygens (including phenoxy) is 1. The van der Waals surface area contributed by atoms with E-state index < -0.39 is 0 Å². The van der Waals surface area contributed by atoms with E-state index in [0.717, 1.165) is 11.4 Å². The molecule has 3 N–H and O–H groups in total. The summed E-state index contributed by atoms with van der Waals surface area (Å²) in [6, 6.07) is 12.5. The minimum atomic E-state index is -0.280. The molecular formula is C20H18N4O3. The lowest BCUT2D eigenvalue weighted by Gasteiger charge is -2.25. The van der Waals surface area contributed by atoms with Crippen LogP contribution in [0.3, 0.4) is 0 Å². The highest BCUT2D eigenvalue weighted by molar-refractivity contribution is 6.06. The van der Waals surface area contributed by atoms with E-state index in [0.29, 0.717) is 29.1 Å². The third kappa shape index (κ3) is 3.27. The van der Waals surface area contributed by atoms with Crippen LogP contribution in [0.2, 0.25) is 0 Å². The Kier molecular flexibility index (Phi) is 4.33. The minimum Gasteiger partial charge on any atom is -0.496 e. The van der Waals surface area contributed by atoms with Gasteiger partial charge in [0.2, 0.25) is 5.91 Å². The van der Waals surface area contributed by atoms with Crippen molar-refractivity contribution in [1.82, 2.24) is 9.97 Å². The van der Waals surface area contributed by atoms with Crippen LogP contribution in [0, 0.1) is 0 Å². The summed E-state index contributed by atoms with van der Waals surface area (Å²) < 4.78 is 5.24. The lowest BCUT2D eigenvalue weighted by atomic mass is 9.89. The standard InChI is InChI=1S/C20H18N4O3/c1-27-17-5-3-2-4-14(17)20(26)23-12-6-7-13-15(19-21-8-9-22-19)11-18(25)24-16(13)10-12/h2-10,15H,11H2,1H3,(H,21,22)(H,23,26)(H,24,25). The number of aromatic nitrogens is 2. The first kappa shape index (κ1) is 16.8. The first-order valence-electron chi connectivity index (χ1n) is 8.53. The number of carbonyl (C=O) groups excluding carboxylic acids is 2. The van der Waals surface area contributed by atoms with E-state index in [2.05, 4.69) is 20.6 Å². The highest BCUT2D eigenvalue weighted by atomic mass is 16.5. The molecule has 27 heavy (non-hydrogen) atoms. The molecule has 3 aromatic rings. The molecular weight excluding hydrogens is 344 g/mol. The molecule has 0 fully saturated rings. The van der Waals surface area contributed by atoms with Crippen molar-refractivity contribution < 1.29 is 14.3 Å². The zero-order valence-corrected chi connectivity index (χ0v) is 14.7. The predicted molar refractivity (Wildman–Crippen MR) is 101 cm³/mol. The number of H-pyrrole nitrogens is 1. The fourth-order valence-electron chi connectivity index (χ4n) is 3.29. The van der Waals surface area contributed by atoms with Gasteiger partial charge in [-0.3, -0.25) is 9.59 Å². The van der Waals surface area contributed by atoms with Gasteiger partial charge in [-0.15, -0.1) is 0 Å². The van der Waals surface area contributed by atoms with Crippen LogP contribution < -0.4 is 15.4 Å². The van der Waals surface area contributed by atoms with Crippen molar-refractivity contribution >= 4 is 23.2 Å². The third-order valence-electron chi connectivity index (χ3n) is 4.55. The second kappa shape index (κ2) is 6.95. The Balaban J connectivity index is 1.62. The second-order valence-electron chi connectivity index (χ2n) is 6.24. The number of fused-ring (bicyclic) bond motifs is 1. The topological polar surface area (TPSA) is 96.1 Å². The lowest BCUT2D eigenvalue weighted by Crippen LogP contribution is -2.24. The quantitative estimate of drug-likeness (QED) is 0.664. The van der Waals surface area contributed by atoms with E-state index in [4.69, 9.17) is 4.74 Å². The summed E-state index contributed by atoms with van der Waals surface area (Å²) in [6.07, 6.45) is 3.74. The average Bonchev–Trinajstić information content (AvgIpc) is 3.21. The number of rotatable bonds is 4. The van der Waals surface area contributed by atoms with Crippen molar-refractivity contribution in [2.45, 2.75) is 12.3 Å². The molecule has 1 unspecified atom stereocenters. The van der Waals surface area contributed by atoms with Crippen molar-refractivity contribution in [1.29, 1.82) is 0 Å². The van der Waals surface area contributed by atoms with Crippen molar-refractivity contribution in [2.24, 2.45) is 0 Å². The average molecular weight is 362 g/mol. The summed E-state index contributed by atoms with van der Waals surface area (Å²) in [5.41, 5.74) is 2.66. The monoisotopic (exact) mass is 362 g/mol. The van der Waals surface area contributed by atoms with Crippen LogP contribution in [0.25, 0.3) is 0 Å². The van der Waals surface area contributed by atoms with E-state index in [1.54, 1.807) is 42.7 Å². The van der Waals surface area contributed by atoms with Gasteiger partial charge < -0.3 is 20.4 Å². The number of benzene rings is 2. The summed E-state index contributed by atoms with van der Waals surface area (Å²) in [7, 11) is 1.52. The fraction of sp³-hybridized carbons (Fsp3) is 0.150. The van der Waals surface area contributed by atoms with Gasteiger partial charge in [0.1, 0.15) is 11.6 Å². The number of hydrogen-bond acceptors (Lipinski definition) is 4. The molecule has 0 saturated heterocycles. The van der Waals surface area contributed by atoms with Crippen molar-refractivity contribution in [2.75, 3.05) is 17.7 Å². The van der Waals surface area contributed by atoms with Gasteiger partial charge >= 0.3 is 0 Å². The number of carbonyl (C=O) groups is 2. The number of para-hydroxylation sites is 1. The molecule has 0 radical (unpaired) electrons.